The van der Waals surface area contributed by atoms with Gasteiger partial charge in [-0.05, 0) is 18.2 Å². The molecule has 3 nitrogen and oxygen atoms in total. The van der Waals surface area contributed by atoms with Crippen LogP contribution >= 0.6 is 30.3 Å². The summed E-state index contributed by atoms with van der Waals surface area (Å²) >= 11 is 2.12. The second-order valence-electron chi connectivity index (χ2n) is 4.73. The van der Waals surface area contributed by atoms with Crippen molar-refractivity contribution in [1.82, 2.24) is 3.97 Å². The number of hydrogen-bond donors (Lipinski definition) is 1. The van der Waals surface area contributed by atoms with Crippen LogP contribution < -0.4 is 10.5 Å². The van der Waals surface area contributed by atoms with E-state index in [1.807, 2.05) is 16.2 Å². The summed E-state index contributed by atoms with van der Waals surface area (Å²) in [6, 6.07) is 7.16. The minimum absolute atomic E-state index is 0.0368. The molecule has 0 aliphatic rings. The molecule has 1 aromatic heterocycles. The van der Waals surface area contributed by atoms with E-state index in [-0.39, 0.29) is 17.2 Å². The molecule has 2 aromatic carbocycles. The second-order valence-corrected chi connectivity index (χ2v) is 6.45. The van der Waals surface area contributed by atoms with E-state index >= 15 is 0 Å². The Morgan fingerprint density at radius 3 is 2.65 bits per heavy atom. The summed E-state index contributed by atoms with van der Waals surface area (Å²) in [4.78, 5) is 0. The first-order chi connectivity index (χ1) is 11.0. The van der Waals surface area contributed by atoms with Gasteiger partial charge in [0, 0.05) is 59.6 Å². The molecule has 0 saturated carbocycles. The smallest absolute Gasteiger partial charge is 0.170 e. The average Bonchev–Trinajstić information content (AvgIpc) is 2.94. The number of rotatable bonds is 4. The number of fused-ring (bicyclic) bond motifs is 1. The fraction of sp³-hybridized carbons (Fsp3) is 0. The molecule has 0 radical (unpaired) electrons. The third-order valence-electron chi connectivity index (χ3n) is 3.37. The number of nitrogen functional groups attached to an aromatic ring is 1. The van der Waals surface area contributed by atoms with Crippen molar-refractivity contribution in [2.24, 2.45) is 0 Å². The van der Waals surface area contributed by atoms with Crippen LogP contribution in [0.1, 0.15) is 5.56 Å². The number of benzene rings is 2. The Balaban J connectivity index is 2.14. The number of nitrogens with zero attached hydrogens (tertiary/aromatic N) is 1. The number of nitrogens with two attached hydrogens (primary N) is 1. The van der Waals surface area contributed by atoms with Crippen molar-refractivity contribution < 1.29 is 13.5 Å². The minimum Gasteiger partial charge on any atom is -0.454 e. The highest BCUT2D eigenvalue weighted by Gasteiger charge is 2.17. The predicted molar refractivity (Wildman–Crippen MR) is 99.9 cm³/mol. The summed E-state index contributed by atoms with van der Waals surface area (Å²) in [5.74, 6) is -0.781. The molecule has 3 aromatic rings. The zero-order valence-electron chi connectivity index (χ0n) is 11.7. The quantitative estimate of drug-likeness (QED) is 0.410. The predicted octanol–water partition coefficient (Wildman–Crippen LogP) is 5.78. The molecule has 118 valence electrons. The van der Waals surface area contributed by atoms with Gasteiger partial charge in [-0.1, -0.05) is 12.7 Å². The highest BCUT2D eigenvalue weighted by molar-refractivity contribution is 14.2. The van der Waals surface area contributed by atoms with Gasteiger partial charge >= 0.3 is 0 Å². The van der Waals surface area contributed by atoms with E-state index in [0.717, 1.165) is 10.9 Å². The van der Waals surface area contributed by atoms with Crippen LogP contribution in [0.2, 0.25) is 0 Å². The second kappa shape index (κ2) is 6.40. The molecule has 2 N–H and O–H groups in total. The standard InChI is InChI=1S/C16H11F2IN2OS/c1-2-10-11-5-6-21(23-19)15(11)8-13(18)16(10)22-9-3-4-12(17)14(20)7-9/h2-8H,1,20H2. The summed E-state index contributed by atoms with van der Waals surface area (Å²) in [6.07, 6.45) is 3.38. The largest absolute Gasteiger partial charge is 0.454 e. The maximum Gasteiger partial charge on any atom is 0.170 e. The molecule has 0 fully saturated rings. The first kappa shape index (κ1) is 16.1. The third kappa shape index (κ3) is 2.90. The molecule has 0 aliphatic carbocycles. The third-order valence-corrected chi connectivity index (χ3v) is 5.11. The van der Waals surface area contributed by atoms with Crippen LogP contribution in [0.25, 0.3) is 17.0 Å². The van der Waals surface area contributed by atoms with Gasteiger partial charge in [-0.3, -0.25) is 3.97 Å². The molecule has 1 heterocycles. The van der Waals surface area contributed by atoms with Crippen molar-refractivity contribution in [2.75, 3.05) is 5.73 Å². The van der Waals surface area contributed by atoms with Crippen LogP contribution in [-0.2, 0) is 0 Å². The summed E-state index contributed by atoms with van der Waals surface area (Å²) in [7, 11) is 1.43. The molecule has 23 heavy (non-hydrogen) atoms. The van der Waals surface area contributed by atoms with Crippen LogP contribution in [0.5, 0.6) is 11.5 Å². The summed E-state index contributed by atoms with van der Waals surface area (Å²) in [5.41, 5.74) is 6.72. The molecule has 0 atom stereocenters. The van der Waals surface area contributed by atoms with Gasteiger partial charge in [0.25, 0.3) is 0 Å². The molecule has 0 bridgehead atoms. The fourth-order valence-electron chi connectivity index (χ4n) is 2.30. The van der Waals surface area contributed by atoms with E-state index in [2.05, 4.69) is 27.8 Å². The monoisotopic (exact) mass is 444 g/mol. The van der Waals surface area contributed by atoms with Crippen LogP contribution in [-0.4, -0.2) is 3.97 Å². The Kier molecular flexibility index (Phi) is 4.49. The van der Waals surface area contributed by atoms with E-state index in [4.69, 9.17) is 10.5 Å². The van der Waals surface area contributed by atoms with E-state index in [0.29, 0.717) is 5.56 Å². The summed E-state index contributed by atoms with van der Waals surface area (Å²) in [5, 5.41) is 0.815. The normalized spacial score (nSPS) is 10.9. The topological polar surface area (TPSA) is 40.2 Å². The van der Waals surface area contributed by atoms with Crippen LogP contribution in [0.15, 0.2) is 43.1 Å². The molecule has 0 unspecified atom stereocenters. The molecule has 7 heteroatoms. The number of anilines is 1. The first-order valence-corrected chi connectivity index (χ1v) is 9.84. The molecule has 3 rings (SSSR count). The van der Waals surface area contributed by atoms with Crippen LogP contribution in [0, 0.1) is 11.6 Å². The van der Waals surface area contributed by atoms with Crippen LogP contribution in [0.4, 0.5) is 14.5 Å². The maximum atomic E-state index is 14.5. The number of hydrogen-bond acceptors (Lipinski definition) is 3. The molecule has 0 saturated heterocycles. The summed E-state index contributed by atoms with van der Waals surface area (Å²) in [6.45, 7) is 3.74. The highest BCUT2D eigenvalue weighted by atomic mass is 127. The molecule has 0 aliphatic heterocycles. The van der Waals surface area contributed by atoms with Gasteiger partial charge in [0.05, 0.1) is 11.2 Å². The minimum atomic E-state index is -0.548. The molecular weight excluding hydrogens is 433 g/mol. The lowest BCUT2D eigenvalue weighted by Crippen LogP contribution is -1.96. The number of aromatic nitrogens is 1. The van der Waals surface area contributed by atoms with Gasteiger partial charge < -0.3 is 10.5 Å². The zero-order valence-corrected chi connectivity index (χ0v) is 14.7. The van der Waals surface area contributed by atoms with Crippen molar-refractivity contribution in [2.45, 2.75) is 0 Å². The van der Waals surface area contributed by atoms with Crippen molar-refractivity contribution in [3.8, 4) is 11.5 Å². The lowest BCUT2D eigenvalue weighted by Gasteiger charge is -2.12. The first-order valence-electron chi connectivity index (χ1n) is 6.53. The van der Waals surface area contributed by atoms with Crippen molar-refractivity contribution in [3.63, 3.8) is 0 Å². The molecular formula is C16H11F2IN2OS. The van der Waals surface area contributed by atoms with Crippen molar-refractivity contribution in [1.29, 1.82) is 0 Å². The Labute approximate surface area is 147 Å². The van der Waals surface area contributed by atoms with E-state index in [1.54, 1.807) is 0 Å². The lowest BCUT2D eigenvalue weighted by atomic mass is 10.1. The van der Waals surface area contributed by atoms with Crippen LogP contribution in [0.3, 0.4) is 0 Å². The van der Waals surface area contributed by atoms with Crippen molar-refractivity contribution in [3.05, 3.63) is 60.3 Å². The Morgan fingerprint density at radius 1 is 1.22 bits per heavy atom. The number of halogens is 3. The zero-order chi connectivity index (χ0) is 16.6. The van der Waals surface area contributed by atoms with Gasteiger partial charge in [0.2, 0.25) is 0 Å². The van der Waals surface area contributed by atoms with Gasteiger partial charge in [-0.25, -0.2) is 8.78 Å². The fourth-order valence-corrected chi connectivity index (χ4v) is 3.66. The lowest BCUT2D eigenvalue weighted by molar-refractivity contribution is 0.441. The van der Waals surface area contributed by atoms with E-state index in [1.165, 1.54) is 39.5 Å². The van der Waals surface area contributed by atoms with Gasteiger partial charge in [0.15, 0.2) is 11.6 Å². The van der Waals surface area contributed by atoms with E-state index < -0.39 is 11.6 Å². The Bertz CT molecular complexity index is 911. The van der Waals surface area contributed by atoms with Gasteiger partial charge in [-0.2, -0.15) is 0 Å². The molecule has 0 amide bonds. The Morgan fingerprint density at radius 2 is 2.00 bits per heavy atom. The van der Waals surface area contributed by atoms with Crippen molar-refractivity contribution >= 4 is 53.0 Å². The van der Waals surface area contributed by atoms with Gasteiger partial charge in [0.1, 0.15) is 11.6 Å². The maximum absolute atomic E-state index is 14.5. The van der Waals surface area contributed by atoms with E-state index in [9.17, 15) is 8.78 Å². The molecule has 0 spiro atoms. The number of ether oxygens (including phenoxy) is 1. The summed E-state index contributed by atoms with van der Waals surface area (Å²) < 4.78 is 35.2. The Hall–Kier alpha value is -1.74. The highest BCUT2D eigenvalue weighted by Crippen LogP contribution is 2.38. The SMILES string of the molecule is C=Cc1c(Oc2ccc(F)c(N)c2)c(F)cc2c1ccn2SI. The van der Waals surface area contributed by atoms with Gasteiger partial charge in [-0.15, -0.1) is 0 Å². The average molecular weight is 444 g/mol.